The molecule has 1 aromatic rings. The van der Waals surface area contributed by atoms with Crippen LogP contribution in [-0.4, -0.2) is 24.9 Å². The van der Waals surface area contributed by atoms with Gasteiger partial charge in [-0.1, -0.05) is 11.8 Å². The van der Waals surface area contributed by atoms with Gasteiger partial charge in [0, 0.05) is 18.5 Å². The molecule has 19 heavy (non-hydrogen) atoms. The first-order valence-electron chi connectivity index (χ1n) is 5.59. The summed E-state index contributed by atoms with van der Waals surface area (Å²) in [5.74, 6) is 3.50. The number of halogens is 1. The van der Waals surface area contributed by atoms with Crippen LogP contribution in [0.15, 0.2) is 18.2 Å². The fourth-order valence-electron chi connectivity index (χ4n) is 1.32. The Morgan fingerprint density at radius 1 is 1.37 bits per heavy atom. The van der Waals surface area contributed by atoms with Crippen LogP contribution in [0.1, 0.15) is 22.3 Å². The maximum absolute atomic E-state index is 13.5. The molecule has 100 valence electrons. The molecule has 5 N–H and O–H groups in total. The highest BCUT2D eigenvalue weighted by Gasteiger charge is 2.11. The van der Waals surface area contributed by atoms with Gasteiger partial charge in [0.05, 0.1) is 12.1 Å². The zero-order chi connectivity index (χ0) is 14.3. The number of nitrogens with two attached hydrogens (primary N) is 2. The van der Waals surface area contributed by atoms with E-state index < -0.39 is 17.6 Å². The lowest BCUT2D eigenvalue weighted by molar-refractivity contribution is -0.117. The number of hydrogen-bond donors (Lipinski definition) is 3. The minimum absolute atomic E-state index is 0.0000286. The van der Waals surface area contributed by atoms with Crippen LogP contribution in [0.2, 0.25) is 0 Å². The molecule has 0 fully saturated rings. The average molecular weight is 263 g/mol. The van der Waals surface area contributed by atoms with E-state index in [0.717, 1.165) is 6.07 Å². The molecule has 0 heterocycles. The highest BCUT2D eigenvalue weighted by Crippen LogP contribution is 2.10. The van der Waals surface area contributed by atoms with Crippen LogP contribution in [0, 0.1) is 17.7 Å². The van der Waals surface area contributed by atoms with Gasteiger partial charge in [-0.25, -0.2) is 4.39 Å². The van der Waals surface area contributed by atoms with Crippen LogP contribution in [0.25, 0.3) is 0 Å². The van der Waals surface area contributed by atoms with E-state index in [2.05, 4.69) is 17.2 Å². The van der Waals surface area contributed by atoms with E-state index in [9.17, 15) is 14.0 Å². The predicted molar refractivity (Wildman–Crippen MR) is 68.5 cm³/mol. The Labute approximate surface area is 110 Å². The number of hydrogen-bond acceptors (Lipinski definition) is 3. The molecule has 0 atom stereocenters. The van der Waals surface area contributed by atoms with Crippen molar-refractivity contribution in [1.29, 1.82) is 0 Å². The molecule has 5 nitrogen and oxygen atoms in total. The van der Waals surface area contributed by atoms with Gasteiger partial charge in [-0.2, -0.15) is 0 Å². The molecule has 0 unspecified atom stereocenters. The van der Waals surface area contributed by atoms with E-state index in [1.807, 2.05) is 0 Å². The lowest BCUT2D eigenvalue weighted by Gasteiger charge is -2.05. The Kier molecular flexibility index (Phi) is 5.51. The molecule has 0 aliphatic rings. The van der Waals surface area contributed by atoms with E-state index in [0.29, 0.717) is 5.56 Å². The normalized spacial score (nSPS) is 9.37. The van der Waals surface area contributed by atoms with Gasteiger partial charge in [-0.15, -0.1) is 0 Å². The standard InChI is InChI=1S/C13H14FN3O2/c14-11-4-3-9(2-1-6-15)8-10(11)13(19)17-7-5-12(16)18/h3-4,8H,5-7,15H2,(H2,16,18)(H,17,19). The number of carbonyl (C=O) groups excluding carboxylic acids is 2. The fourth-order valence-corrected chi connectivity index (χ4v) is 1.32. The summed E-state index contributed by atoms with van der Waals surface area (Å²) in [4.78, 5) is 22.2. The highest BCUT2D eigenvalue weighted by molar-refractivity contribution is 5.95. The Hall–Kier alpha value is -2.39. The summed E-state index contributed by atoms with van der Waals surface area (Å²) < 4.78 is 13.5. The van der Waals surface area contributed by atoms with Crippen molar-refractivity contribution in [3.63, 3.8) is 0 Å². The van der Waals surface area contributed by atoms with Crippen molar-refractivity contribution in [2.45, 2.75) is 6.42 Å². The molecule has 0 saturated carbocycles. The molecule has 6 heteroatoms. The van der Waals surface area contributed by atoms with E-state index in [4.69, 9.17) is 11.5 Å². The van der Waals surface area contributed by atoms with Crippen molar-refractivity contribution in [3.8, 4) is 11.8 Å². The van der Waals surface area contributed by atoms with Crippen molar-refractivity contribution in [2.75, 3.05) is 13.1 Å². The molecule has 0 radical (unpaired) electrons. The van der Waals surface area contributed by atoms with Gasteiger partial charge in [0.2, 0.25) is 5.91 Å². The number of primary amides is 1. The van der Waals surface area contributed by atoms with E-state index >= 15 is 0 Å². The Bertz CT molecular complexity index is 547. The number of nitrogens with one attached hydrogen (secondary N) is 1. The summed E-state index contributed by atoms with van der Waals surface area (Å²) in [6, 6.07) is 3.94. The first-order chi connectivity index (χ1) is 9.04. The molecule has 0 aliphatic heterocycles. The van der Waals surface area contributed by atoms with Crippen molar-refractivity contribution >= 4 is 11.8 Å². The molecule has 0 spiro atoms. The van der Waals surface area contributed by atoms with Crippen molar-refractivity contribution in [3.05, 3.63) is 35.1 Å². The van der Waals surface area contributed by atoms with Crippen molar-refractivity contribution < 1.29 is 14.0 Å². The van der Waals surface area contributed by atoms with Gasteiger partial charge >= 0.3 is 0 Å². The molecule has 1 rings (SSSR count). The molecule has 2 amide bonds. The van der Waals surface area contributed by atoms with Gasteiger partial charge in [0.1, 0.15) is 5.82 Å². The van der Waals surface area contributed by atoms with Crippen LogP contribution in [0.3, 0.4) is 0 Å². The van der Waals surface area contributed by atoms with Crippen LogP contribution in [0.5, 0.6) is 0 Å². The van der Waals surface area contributed by atoms with Crippen molar-refractivity contribution in [1.82, 2.24) is 5.32 Å². The largest absolute Gasteiger partial charge is 0.370 e. The van der Waals surface area contributed by atoms with Crippen LogP contribution < -0.4 is 16.8 Å². The summed E-state index contributed by atoms with van der Waals surface area (Å²) >= 11 is 0. The first kappa shape index (κ1) is 14.7. The Balaban J connectivity index is 2.80. The quantitative estimate of drug-likeness (QED) is 0.653. The van der Waals surface area contributed by atoms with E-state index in [-0.39, 0.29) is 25.1 Å². The second-order valence-corrected chi connectivity index (χ2v) is 3.67. The summed E-state index contributed by atoms with van der Waals surface area (Å²) in [5, 5.41) is 2.40. The predicted octanol–water partition coefficient (Wildman–Crippen LogP) is -0.259. The lowest BCUT2D eigenvalue weighted by atomic mass is 10.1. The lowest BCUT2D eigenvalue weighted by Crippen LogP contribution is -2.28. The second kappa shape index (κ2) is 7.13. The molecule has 0 bridgehead atoms. The fraction of sp³-hybridized carbons (Fsp3) is 0.231. The first-order valence-corrected chi connectivity index (χ1v) is 5.59. The monoisotopic (exact) mass is 263 g/mol. The summed E-state index contributed by atoms with van der Waals surface area (Å²) in [5.41, 5.74) is 10.5. The van der Waals surface area contributed by atoms with Gasteiger partial charge in [0.15, 0.2) is 0 Å². The molecule has 1 aromatic carbocycles. The molecule has 0 saturated heterocycles. The topological polar surface area (TPSA) is 98.2 Å². The number of amides is 2. The van der Waals surface area contributed by atoms with Crippen LogP contribution in [-0.2, 0) is 4.79 Å². The molecular weight excluding hydrogens is 249 g/mol. The highest BCUT2D eigenvalue weighted by atomic mass is 19.1. The van der Waals surface area contributed by atoms with Crippen LogP contribution in [0.4, 0.5) is 4.39 Å². The maximum Gasteiger partial charge on any atom is 0.254 e. The molecule has 0 aromatic heterocycles. The zero-order valence-electron chi connectivity index (χ0n) is 10.2. The minimum Gasteiger partial charge on any atom is -0.370 e. The zero-order valence-corrected chi connectivity index (χ0v) is 10.2. The average Bonchev–Trinajstić information content (AvgIpc) is 2.37. The van der Waals surface area contributed by atoms with Gasteiger partial charge < -0.3 is 16.8 Å². The van der Waals surface area contributed by atoms with Gasteiger partial charge in [-0.05, 0) is 18.2 Å². The number of benzene rings is 1. The smallest absolute Gasteiger partial charge is 0.254 e. The minimum atomic E-state index is -0.658. The Morgan fingerprint density at radius 3 is 2.74 bits per heavy atom. The number of carbonyl (C=O) groups is 2. The summed E-state index contributed by atoms with van der Waals surface area (Å²) in [6.07, 6.45) is 0.0000286. The van der Waals surface area contributed by atoms with Gasteiger partial charge in [-0.3, -0.25) is 9.59 Å². The third kappa shape index (κ3) is 4.77. The summed E-state index contributed by atoms with van der Waals surface area (Å²) in [6.45, 7) is 0.240. The third-order valence-electron chi connectivity index (χ3n) is 2.20. The van der Waals surface area contributed by atoms with E-state index in [1.165, 1.54) is 12.1 Å². The molecule has 0 aliphatic carbocycles. The maximum atomic E-state index is 13.5. The molecular formula is C13H14FN3O2. The second-order valence-electron chi connectivity index (χ2n) is 3.67. The Morgan fingerprint density at radius 2 is 2.11 bits per heavy atom. The SMILES string of the molecule is NCC#Cc1ccc(F)c(C(=O)NCCC(N)=O)c1. The summed E-state index contributed by atoms with van der Waals surface area (Å²) in [7, 11) is 0. The van der Waals surface area contributed by atoms with E-state index in [1.54, 1.807) is 0 Å². The third-order valence-corrected chi connectivity index (χ3v) is 2.20. The van der Waals surface area contributed by atoms with Crippen LogP contribution >= 0.6 is 0 Å². The van der Waals surface area contributed by atoms with Gasteiger partial charge in [0.25, 0.3) is 5.91 Å². The number of rotatable bonds is 4. The van der Waals surface area contributed by atoms with Crippen molar-refractivity contribution in [2.24, 2.45) is 11.5 Å².